The molecule has 226 valence electrons. The molecule has 3 aromatic rings. The Bertz CT molecular complexity index is 1060. The zero-order valence-corrected chi connectivity index (χ0v) is 26.2. The van der Waals surface area contributed by atoms with Crippen molar-refractivity contribution in [3.63, 3.8) is 0 Å². The second-order valence-electron chi connectivity index (χ2n) is 10.1. The third-order valence-electron chi connectivity index (χ3n) is 7.01. The van der Waals surface area contributed by atoms with Gasteiger partial charge in [-0.1, -0.05) is 70.7 Å². The molecule has 0 aliphatic rings. The highest BCUT2D eigenvalue weighted by atomic mass is 16.7. The van der Waals surface area contributed by atoms with E-state index in [1.807, 2.05) is 57.2 Å². The molecule has 0 heterocycles. The number of ether oxygens (including phenoxy) is 3. The largest absolute Gasteiger partial charge is 0.508 e. The smallest absolute Gasteiger partial charge is 0.196 e. The van der Waals surface area contributed by atoms with Crippen LogP contribution in [0.5, 0.6) is 17.2 Å². The van der Waals surface area contributed by atoms with Gasteiger partial charge in [-0.25, -0.2) is 0 Å². The highest BCUT2D eigenvalue weighted by Gasteiger charge is 2.15. The van der Waals surface area contributed by atoms with E-state index in [4.69, 9.17) is 14.6 Å². The minimum Gasteiger partial charge on any atom is -0.508 e. The predicted octanol–water partition coefficient (Wildman–Crippen LogP) is 9.91. The molecule has 5 nitrogen and oxygen atoms in total. The van der Waals surface area contributed by atoms with Crippen LogP contribution in [-0.2, 0) is 9.47 Å². The summed E-state index contributed by atoms with van der Waals surface area (Å²) in [5.41, 5.74) is 3.90. The molecule has 0 spiro atoms. The highest BCUT2D eigenvalue weighted by Crippen LogP contribution is 2.33. The van der Waals surface area contributed by atoms with Gasteiger partial charge in [-0.15, -0.1) is 0 Å². The number of benzene rings is 3. The van der Waals surface area contributed by atoms with E-state index < -0.39 is 0 Å². The van der Waals surface area contributed by atoms with Gasteiger partial charge in [0.05, 0.1) is 12.9 Å². The molecule has 0 fully saturated rings. The minimum atomic E-state index is -0.229. The second kappa shape index (κ2) is 20.4. The van der Waals surface area contributed by atoms with Gasteiger partial charge >= 0.3 is 0 Å². The average Bonchev–Trinajstić information content (AvgIpc) is 2.98. The lowest BCUT2D eigenvalue weighted by Crippen LogP contribution is -2.15. The van der Waals surface area contributed by atoms with Gasteiger partial charge in [-0.3, -0.25) is 0 Å². The first-order valence-corrected chi connectivity index (χ1v) is 14.9. The Morgan fingerprint density at radius 3 is 1.56 bits per heavy atom. The van der Waals surface area contributed by atoms with Crippen molar-refractivity contribution < 1.29 is 24.4 Å². The lowest BCUT2D eigenvalue weighted by molar-refractivity contribution is -0.0613. The predicted molar refractivity (Wildman–Crippen MR) is 171 cm³/mol. The topological polar surface area (TPSA) is 68.2 Å². The van der Waals surface area contributed by atoms with Crippen molar-refractivity contribution in [1.29, 1.82) is 0 Å². The Hall–Kier alpha value is -3.44. The molecule has 0 saturated heterocycles. The van der Waals surface area contributed by atoms with Crippen LogP contribution < -0.4 is 4.74 Å². The molecular weight excluding hydrogens is 512 g/mol. The van der Waals surface area contributed by atoms with E-state index in [2.05, 4.69) is 51.1 Å². The summed E-state index contributed by atoms with van der Waals surface area (Å²) in [7, 11) is 0. The lowest BCUT2D eigenvalue weighted by Gasteiger charge is -2.21. The number of phenolic OH excluding ortho intramolecular Hbond substituents is 2. The fourth-order valence-electron chi connectivity index (χ4n) is 4.34. The maximum absolute atomic E-state index is 9.47. The van der Waals surface area contributed by atoms with Crippen molar-refractivity contribution in [3.05, 3.63) is 102 Å². The highest BCUT2D eigenvalue weighted by molar-refractivity contribution is 5.31. The zero-order valence-electron chi connectivity index (χ0n) is 26.2. The van der Waals surface area contributed by atoms with Gasteiger partial charge < -0.3 is 24.4 Å². The van der Waals surface area contributed by atoms with E-state index in [0.717, 1.165) is 31.6 Å². The fourth-order valence-corrected chi connectivity index (χ4v) is 4.34. The van der Waals surface area contributed by atoms with Gasteiger partial charge in [0.25, 0.3) is 0 Å². The van der Waals surface area contributed by atoms with Gasteiger partial charge in [0.15, 0.2) is 6.29 Å². The molecule has 41 heavy (non-hydrogen) atoms. The third-order valence-corrected chi connectivity index (χ3v) is 7.01. The molecule has 0 aromatic heterocycles. The summed E-state index contributed by atoms with van der Waals surface area (Å²) in [6, 6.07) is 23.3. The molecule has 3 aromatic carbocycles. The van der Waals surface area contributed by atoms with Gasteiger partial charge in [-0.2, -0.15) is 0 Å². The van der Waals surface area contributed by atoms with Gasteiger partial charge in [0.2, 0.25) is 0 Å². The first-order chi connectivity index (χ1) is 19.7. The summed E-state index contributed by atoms with van der Waals surface area (Å²) in [6.45, 7) is 19.3. The third kappa shape index (κ3) is 14.1. The van der Waals surface area contributed by atoms with Crippen LogP contribution in [-0.4, -0.2) is 29.7 Å². The molecule has 0 aliphatic heterocycles. The monoisotopic (exact) mass is 564 g/mol. The average molecular weight is 565 g/mol. The van der Waals surface area contributed by atoms with Crippen molar-refractivity contribution >= 4 is 0 Å². The number of aromatic hydroxyl groups is 2. The van der Waals surface area contributed by atoms with E-state index in [-0.39, 0.29) is 6.29 Å². The number of rotatable bonds is 13. The van der Waals surface area contributed by atoms with E-state index in [1.54, 1.807) is 24.3 Å². The van der Waals surface area contributed by atoms with Crippen LogP contribution in [0.4, 0.5) is 0 Å². The maximum Gasteiger partial charge on any atom is 0.196 e. The summed E-state index contributed by atoms with van der Waals surface area (Å²) in [5.74, 6) is 3.04. The van der Waals surface area contributed by atoms with Gasteiger partial charge in [0, 0.05) is 6.61 Å². The van der Waals surface area contributed by atoms with Crippen molar-refractivity contribution in [2.45, 2.75) is 91.8 Å². The van der Waals surface area contributed by atoms with Crippen LogP contribution in [0.3, 0.4) is 0 Å². The van der Waals surface area contributed by atoms with E-state index >= 15 is 0 Å². The Morgan fingerprint density at radius 2 is 1.15 bits per heavy atom. The molecule has 3 rings (SSSR count). The Balaban J connectivity index is 0.000000431. The quantitative estimate of drug-likeness (QED) is 0.160. The van der Waals surface area contributed by atoms with Crippen LogP contribution in [0.1, 0.15) is 102 Å². The van der Waals surface area contributed by atoms with Crippen molar-refractivity contribution in [2.75, 3.05) is 13.2 Å². The fraction of sp³-hybridized carbons (Fsp3) is 0.444. The molecule has 5 heteroatoms. The summed E-state index contributed by atoms with van der Waals surface area (Å²) >= 11 is 0. The van der Waals surface area contributed by atoms with Crippen LogP contribution in [0.2, 0.25) is 0 Å². The van der Waals surface area contributed by atoms with Crippen LogP contribution in [0.15, 0.2) is 85.6 Å². The van der Waals surface area contributed by atoms with Crippen molar-refractivity contribution in [2.24, 2.45) is 0 Å². The molecule has 4 unspecified atom stereocenters. The number of hydrogen-bond acceptors (Lipinski definition) is 5. The second-order valence-corrected chi connectivity index (χ2v) is 10.1. The van der Waals surface area contributed by atoms with Crippen LogP contribution in [0.25, 0.3) is 0 Å². The van der Waals surface area contributed by atoms with Crippen LogP contribution >= 0.6 is 0 Å². The number of phenols is 2. The Morgan fingerprint density at radius 1 is 0.659 bits per heavy atom. The normalized spacial score (nSPS) is 13.2. The van der Waals surface area contributed by atoms with Gasteiger partial charge in [0.1, 0.15) is 17.2 Å². The first-order valence-electron chi connectivity index (χ1n) is 14.9. The van der Waals surface area contributed by atoms with Gasteiger partial charge in [-0.05, 0) is 111 Å². The van der Waals surface area contributed by atoms with Crippen molar-refractivity contribution in [3.8, 4) is 17.2 Å². The summed E-state index contributed by atoms with van der Waals surface area (Å²) in [5, 5.41) is 18.5. The first kappa shape index (κ1) is 35.6. The SMILES string of the molecule is C=COCC.CCC(C)c1ccc(O)cc1.CCOC(C)Oc1ccc(C(C)CC(CC)c2ccc(O)cc2)cc1. The Kier molecular flexibility index (Phi) is 17.7. The maximum atomic E-state index is 9.47. The minimum absolute atomic E-state index is 0.229. The Labute approximate surface area is 248 Å². The standard InChI is InChI=1S/C22H30O3.C10H14O.C4H8O/c1-5-18(20-7-11-21(23)12-8-20)15-16(3)19-9-13-22(14-10-19)25-17(4)24-6-2;1-3-8(2)9-4-6-10(11)7-5-9;1-3-5-4-2/h7-14,16-18,23H,5-6,15H2,1-4H3;4-8,11H,3H2,1-2H3;3H,1,4H2,2H3. The summed E-state index contributed by atoms with van der Waals surface area (Å²) in [6.07, 6.45) is 4.51. The molecule has 0 radical (unpaired) electrons. The molecular formula is C36H52O5. The molecule has 0 amide bonds. The molecule has 4 atom stereocenters. The molecule has 0 bridgehead atoms. The van der Waals surface area contributed by atoms with E-state index in [0.29, 0.717) is 35.9 Å². The number of hydrogen-bond donors (Lipinski definition) is 2. The molecule has 2 N–H and O–H groups in total. The van der Waals surface area contributed by atoms with Crippen LogP contribution in [0, 0.1) is 0 Å². The van der Waals surface area contributed by atoms with Crippen molar-refractivity contribution in [1.82, 2.24) is 0 Å². The molecule has 0 aliphatic carbocycles. The van der Waals surface area contributed by atoms with E-state index in [1.165, 1.54) is 23.0 Å². The van der Waals surface area contributed by atoms with E-state index in [9.17, 15) is 5.11 Å². The molecule has 0 saturated carbocycles. The summed E-state index contributed by atoms with van der Waals surface area (Å²) < 4.78 is 15.7. The zero-order chi connectivity index (χ0) is 30.6. The lowest BCUT2D eigenvalue weighted by atomic mass is 9.84. The summed E-state index contributed by atoms with van der Waals surface area (Å²) in [4.78, 5) is 0.